The minimum atomic E-state index is -3.63. The fourth-order valence-corrected chi connectivity index (χ4v) is 3.00. The first-order valence-corrected chi connectivity index (χ1v) is 7.85. The Kier molecular flexibility index (Phi) is 4.42. The summed E-state index contributed by atoms with van der Waals surface area (Å²) < 4.78 is 27.1. The molecule has 0 aliphatic heterocycles. The second kappa shape index (κ2) is 6.07. The van der Waals surface area contributed by atoms with Crippen LogP contribution in [0.2, 0.25) is 0 Å². The van der Waals surface area contributed by atoms with Crippen molar-refractivity contribution in [2.24, 2.45) is 0 Å². The van der Waals surface area contributed by atoms with E-state index >= 15 is 0 Å². The van der Waals surface area contributed by atoms with Crippen molar-refractivity contribution in [3.63, 3.8) is 0 Å². The molecule has 0 aromatic heterocycles. The fraction of sp³-hybridized carbons (Fsp3) is 0.200. The molecule has 4 nitrogen and oxygen atoms in total. The van der Waals surface area contributed by atoms with Crippen LogP contribution in [0.15, 0.2) is 53.4 Å². The van der Waals surface area contributed by atoms with E-state index in [1.165, 1.54) is 12.1 Å². The molecule has 0 saturated heterocycles. The first kappa shape index (κ1) is 14.6. The number of aliphatic hydroxyl groups is 1. The van der Waals surface area contributed by atoms with Gasteiger partial charge in [0.2, 0.25) is 0 Å². The van der Waals surface area contributed by atoms with Gasteiger partial charge in [-0.05, 0) is 41.8 Å². The molecule has 0 fully saturated rings. The van der Waals surface area contributed by atoms with E-state index in [4.69, 9.17) is 5.11 Å². The van der Waals surface area contributed by atoms with Crippen molar-refractivity contribution in [1.82, 2.24) is 0 Å². The Labute approximate surface area is 119 Å². The number of hydrogen-bond donors (Lipinski definition) is 2. The molecule has 106 valence electrons. The first-order chi connectivity index (χ1) is 9.55. The van der Waals surface area contributed by atoms with Gasteiger partial charge in [0.05, 0.1) is 11.5 Å². The van der Waals surface area contributed by atoms with Crippen molar-refractivity contribution in [3.05, 3.63) is 59.7 Å². The van der Waals surface area contributed by atoms with E-state index in [2.05, 4.69) is 4.72 Å². The van der Waals surface area contributed by atoms with E-state index < -0.39 is 10.0 Å². The Morgan fingerprint density at radius 2 is 1.75 bits per heavy atom. The second-order valence-electron chi connectivity index (χ2n) is 4.46. The van der Waals surface area contributed by atoms with Crippen LogP contribution >= 0.6 is 0 Å². The Hall–Kier alpha value is -1.85. The van der Waals surface area contributed by atoms with Gasteiger partial charge in [-0.2, -0.15) is 0 Å². The number of hydrogen-bond acceptors (Lipinski definition) is 3. The number of sulfonamides is 1. The third kappa shape index (κ3) is 3.37. The molecule has 0 saturated carbocycles. The van der Waals surface area contributed by atoms with E-state index in [0.29, 0.717) is 11.3 Å². The average Bonchev–Trinajstić information content (AvgIpc) is 2.47. The predicted octanol–water partition coefficient (Wildman–Crippen LogP) is 2.54. The third-order valence-corrected chi connectivity index (χ3v) is 4.36. The summed E-state index contributed by atoms with van der Waals surface area (Å²) in [5.41, 5.74) is 2.17. The Morgan fingerprint density at radius 3 is 2.45 bits per heavy atom. The summed E-state index contributed by atoms with van der Waals surface area (Å²) in [6.07, 6.45) is 0.843. The summed E-state index contributed by atoms with van der Waals surface area (Å²) >= 11 is 0. The molecule has 2 aromatic rings. The number of anilines is 1. The van der Waals surface area contributed by atoms with Gasteiger partial charge in [-0.3, -0.25) is 4.72 Å². The minimum absolute atomic E-state index is 0.144. The van der Waals surface area contributed by atoms with Gasteiger partial charge in [0.1, 0.15) is 0 Å². The largest absolute Gasteiger partial charge is 0.392 e. The molecule has 0 amide bonds. The summed E-state index contributed by atoms with van der Waals surface area (Å²) in [5, 5.41) is 9.07. The van der Waals surface area contributed by atoms with Gasteiger partial charge >= 0.3 is 0 Å². The zero-order valence-electron chi connectivity index (χ0n) is 11.2. The van der Waals surface area contributed by atoms with Crippen molar-refractivity contribution in [3.8, 4) is 0 Å². The highest BCUT2D eigenvalue weighted by Crippen LogP contribution is 2.18. The molecule has 0 unspecified atom stereocenters. The average molecular weight is 291 g/mol. The van der Waals surface area contributed by atoms with Gasteiger partial charge in [0.15, 0.2) is 0 Å². The predicted molar refractivity (Wildman–Crippen MR) is 79.0 cm³/mol. The van der Waals surface area contributed by atoms with E-state index in [1.807, 2.05) is 25.1 Å². The van der Waals surface area contributed by atoms with Gasteiger partial charge < -0.3 is 5.11 Å². The number of aliphatic hydroxyl groups excluding tert-OH is 1. The summed E-state index contributed by atoms with van der Waals surface area (Å²) in [6, 6.07) is 13.6. The van der Waals surface area contributed by atoms with E-state index in [1.54, 1.807) is 18.2 Å². The summed E-state index contributed by atoms with van der Waals surface area (Å²) in [4.78, 5) is 0.144. The Bertz CT molecular complexity index is 696. The zero-order valence-corrected chi connectivity index (χ0v) is 12.0. The molecule has 0 spiro atoms. The van der Waals surface area contributed by atoms with Crippen LogP contribution in [0.4, 0.5) is 5.69 Å². The maximum Gasteiger partial charge on any atom is 0.261 e. The molecule has 0 bridgehead atoms. The number of benzene rings is 2. The van der Waals surface area contributed by atoms with Crippen LogP contribution in [0.25, 0.3) is 0 Å². The highest BCUT2D eigenvalue weighted by molar-refractivity contribution is 7.92. The molecule has 2 N–H and O–H groups in total. The summed E-state index contributed by atoms with van der Waals surface area (Å²) in [7, 11) is -3.63. The molecule has 2 aromatic carbocycles. The van der Waals surface area contributed by atoms with Crippen molar-refractivity contribution in [2.45, 2.75) is 24.8 Å². The van der Waals surface area contributed by atoms with Gasteiger partial charge in [0, 0.05) is 5.69 Å². The highest BCUT2D eigenvalue weighted by Gasteiger charge is 2.14. The van der Waals surface area contributed by atoms with Crippen LogP contribution in [-0.4, -0.2) is 13.5 Å². The number of aryl methyl sites for hydroxylation is 1. The standard InChI is InChI=1S/C15H17NO3S/c1-2-12-5-3-7-14(9-12)16-20(18,19)15-8-4-6-13(10-15)11-17/h3-10,16-17H,2,11H2,1H3. The van der Waals surface area contributed by atoms with Gasteiger partial charge in [-0.1, -0.05) is 31.2 Å². The summed E-state index contributed by atoms with van der Waals surface area (Å²) in [5.74, 6) is 0. The van der Waals surface area contributed by atoms with Crippen molar-refractivity contribution < 1.29 is 13.5 Å². The molecule has 0 atom stereocenters. The van der Waals surface area contributed by atoms with E-state index in [-0.39, 0.29) is 11.5 Å². The van der Waals surface area contributed by atoms with Crippen molar-refractivity contribution in [2.75, 3.05) is 4.72 Å². The number of nitrogens with one attached hydrogen (secondary N) is 1. The molecule has 5 heteroatoms. The lowest BCUT2D eigenvalue weighted by molar-refractivity contribution is 0.281. The van der Waals surface area contributed by atoms with Crippen LogP contribution in [0.1, 0.15) is 18.1 Å². The van der Waals surface area contributed by atoms with Gasteiger partial charge in [-0.25, -0.2) is 8.42 Å². The van der Waals surface area contributed by atoms with E-state index in [0.717, 1.165) is 12.0 Å². The van der Waals surface area contributed by atoms with Gasteiger partial charge in [-0.15, -0.1) is 0 Å². The Morgan fingerprint density at radius 1 is 1.05 bits per heavy atom. The minimum Gasteiger partial charge on any atom is -0.392 e. The molecule has 0 aliphatic carbocycles. The van der Waals surface area contributed by atoms with Crippen LogP contribution in [0.3, 0.4) is 0 Å². The smallest absolute Gasteiger partial charge is 0.261 e. The van der Waals surface area contributed by atoms with Crippen LogP contribution in [-0.2, 0) is 23.1 Å². The molecule has 2 rings (SSSR count). The SMILES string of the molecule is CCc1cccc(NS(=O)(=O)c2cccc(CO)c2)c1. The second-order valence-corrected chi connectivity index (χ2v) is 6.15. The normalized spacial score (nSPS) is 11.3. The molecular weight excluding hydrogens is 274 g/mol. The fourth-order valence-electron chi connectivity index (χ4n) is 1.88. The lowest BCUT2D eigenvalue weighted by atomic mass is 10.1. The lowest BCUT2D eigenvalue weighted by Gasteiger charge is -2.10. The first-order valence-electron chi connectivity index (χ1n) is 6.36. The maximum absolute atomic E-state index is 12.3. The molecule has 0 heterocycles. The van der Waals surface area contributed by atoms with Crippen LogP contribution in [0.5, 0.6) is 0 Å². The topological polar surface area (TPSA) is 66.4 Å². The van der Waals surface area contributed by atoms with Gasteiger partial charge in [0.25, 0.3) is 10.0 Å². The third-order valence-electron chi connectivity index (χ3n) is 2.98. The quantitative estimate of drug-likeness (QED) is 0.889. The van der Waals surface area contributed by atoms with Crippen molar-refractivity contribution >= 4 is 15.7 Å². The number of rotatable bonds is 5. The van der Waals surface area contributed by atoms with E-state index in [9.17, 15) is 8.42 Å². The maximum atomic E-state index is 12.3. The molecular formula is C15H17NO3S. The lowest BCUT2D eigenvalue weighted by Crippen LogP contribution is -2.13. The molecule has 0 aliphatic rings. The Balaban J connectivity index is 2.30. The highest BCUT2D eigenvalue weighted by atomic mass is 32.2. The van der Waals surface area contributed by atoms with Crippen LogP contribution in [0, 0.1) is 0 Å². The summed E-state index contributed by atoms with van der Waals surface area (Å²) in [6.45, 7) is 1.83. The zero-order chi connectivity index (χ0) is 14.6. The molecule has 20 heavy (non-hydrogen) atoms. The molecule has 0 radical (unpaired) electrons. The monoisotopic (exact) mass is 291 g/mol. The van der Waals surface area contributed by atoms with Crippen LogP contribution < -0.4 is 4.72 Å². The van der Waals surface area contributed by atoms with Crippen molar-refractivity contribution in [1.29, 1.82) is 0 Å².